The van der Waals surface area contributed by atoms with Gasteiger partial charge in [-0.05, 0) is 49.9 Å². The van der Waals surface area contributed by atoms with Gasteiger partial charge in [0.2, 0.25) is 0 Å². The van der Waals surface area contributed by atoms with Crippen LogP contribution < -0.4 is 10.1 Å². The van der Waals surface area contributed by atoms with Gasteiger partial charge in [0.1, 0.15) is 12.4 Å². The minimum atomic E-state index is -4.30. The molecule has 120 valence electrons. The Bertz CT molecular complexity index is 401. The zero-order valence-corrected chi connectivity index (χ0v) is 12.8. The minimum absolute atomic E-state index is 0.420. The molecule has 0 fully saturated rings. The molecule has 0 amide bonds. The quantitative estimate of drug-likeness (QED) is 0.714. The van der Waals surface area contributed by atoms with Crippen molar-refractivity contribution >= 4 is 0 Å². The zero-order chi connectivity index (χ0) is 15.9. The van der Waals surface area contributed by atoms with Crippen molar-refractivity contribution in [2.24, 2.45) is 5.92 Å². The van der Waals surface area contributed by atoms with E-state index >= 15 is 0 Å². The van der Waals surface area contributed by atoms with E-state index in [1.165, 1.54) is 18.6 Å². The topological polar surface area (TPSA) is 21.3 Å². The van der Waals surface area contributed by atoms with Crippen LogP contribution in [0, 0.1) is 5.92 Å². The van der Waals surface area contributed by atoms with E-state index in [2.05, 4.69) is 26.1 Å². The molecule has 21 heavy (non-hydrogen) atoms. The molecule has 0 aliphatic carbocycles. The Kier molecular flexibility index (Phi) is 7.02. The Labute approximate surface area is 124 Å². The monoisotopic (exact) mass is 303 g/mol. The second-order valence-corrected chi connectivity index (χ2v) is 5.70. The normalized spacial score (nSPS) is 13.5. The fourth-order valence-electron chi connectivity index (χ4n) is 1.90. The van der Waals surface area contributed by atoms with Crippen LogP contribution in [-0.4, -0.2) is 19.2 Å². The van der Waals surface area contributed by atoms with E-state index in [4.69, 9.17) is 4.74 Å². The second kappa shape index (κ2) is 8.27. The first-order valence-electron chi connectivity index (χ1n) is 7.32. The summed E-state index contributed by atoms with van der Waals surface area (Å²) in [5, 5.41) is 3.34. The van der Waals surface area contributed by atoms with Crippen molar-refractivity contribution in [1.82, 2.24) is 5.32 Å². The highest BCUT2D eigenvalue weighted by Gasteiger charge is 2.29. The lowest BCUT2D eigenvalue weighted by Gasteiger charge is -2.15. The van der Waals surface area contributed by atoms with Crippen molar-refractivity contribution in [1.29, 1.82) is 0 Å². The minimum Gasteiger partial charge on any atom is -0.492 e. The molecule has 0 bridgehead atoms. The lowest BCUT2D eigenvalue weighted by molar-refractivity contribution is -0.137. The summed E-state index contributed by atoms with van der Waals surface area (Å²) in [4.78, 5) is 0. The van der Waals surface area contributed by atoms with Crippen LogP contribution in [0.3, 0.4) is 0 Å². The van der Waals surface area contributed by atoms with Gasteiger partial charge in [-0.25, -0.2) is 0 Å². The smallest absolute Gasteiger partial charge is 0.416 e. The number of benzene rings is 1. The predicted molar refractivity (Wildman–Crippen MR) is 78.5 cm³/mol. The van der Waals surface area contributed by atoms with Gasteiger partial charge in [0.05, 0.1) is 5.56 Å². The van der Waals surface area contributed by atoms with Gasteiger partial charge in [0.25, 0.3) is 0 Å². The number of hydrogen-bond acceptors (Lipinski definition) is 2. The van der Waals surface area contributed by atoms with Crippen molar-refractivity contribution in [3.05, 3.63) is 29.8 Å². The van der Waals surface area contributed by atoms with Crippen molar-refractivity contribution < 1.29 is 17.9 Å². The first kappa shape index (κ1) is 17.8. The number of rotatable bonds is 8. The molecule has 0 saturated carbocycles. The number of alkyl halides is 3. The van der Waals surface area contributed by atoms with Crippen LogP contribution in [0.4, 0.5) is 13.2 Å². The van der Waals surface area contributed by atoms with E-state index < -0.39 is 11.7 Å². The van der Waals surface area contributed by atoms with Crippen molar-refractivity contribution in [3.63, 3.8) is 0 Å². The molecule has 1 aromatic rings. The van der Waals surface area contributed by atoms with Crippen LogP contribution in [0.15, 0.2) is 24.3 Å². The van der Waals surface area contributed by atoms with Crippen LogP contribution in [0.5, 0.6) is 5.75 Å². The summed E-state index contributed by atoms with van der Waals surface area (Å²) >= 11 is 0. The average molecular weight is 303 g/mol. The fraction of sp³-hybridized carbons (Fsp3) is 0.625. The number of nitrogens with one attached hydrogen (secondary N) is 1. The molecule has 2 nitrogen and oxygen atoms in total. The van der Waals surface area contributed by atoms with Gasteiger partial charge in [-0.2, -0.15) is 13.2 Å². The number of hydrogen-bond donors (Lipinski definition) is 1. The molecule has 0 aromatic heterocycles. The van der Waals surface area contributed by atoms with E-state index in [9.17, 15) is 13.2 Å². The van der Waals surface area contributed by atoms with E-state index in [0.29, 0.717) is 30.9 Å². The van der Waals surface area contributed by atoms with Crippen LogP contribution >= 0.6 is 0 Å². The SMILES string of the molecule is CC(C)CCC(C)NCCOc1ccc(C(F)(F)F)cc1. The van der Waals surface area contributed by atoms with Crippen LogP contribution in [-0.2, 0) is 6.18 Å². The molecule has 0 radical (unpaired) electrons. The summed E-state index contributed by atoms with van der Waals surface area (Å²) in [6.45, 7) is 7.64. The Morgan fingerprint density at radius 3 is 2.19 bits per heavy atom. The maximum atomic E-state index is 12.4. The Balaban J connectivity index is 2.24. The predicted octanol–water partition coefficient (Wildman–Crippen LogP) is 4.50. The Morgan fingerprint density at radius 1 is 1.05 bits per heavy atom. The van der Waals surface area contributed by atoms with Crippen LogP contribution in [0.1, 0.15) is 39.2 Å². The molecular weight excluding hydrogens is 279 g/mol. The van der Waals surface area contributed by atoms with Gasteiger partial charge in [-0.3, -0.25) is 0 Å². The summed E-state index contributed by atoms with van der Waals surface area (Å²) in [6, 6.07) is 5.20. The van der Waals surface area contributed by atoms with Gasteiger partial charge >= 0.3 is 6.18 Å². The fourth-order valence-corrected chi connectivity index (χ4v) is 1.90. The lowest BCUT2D eigenvalue weighted by atomic mass is 10.0. The molecule has 1 rings (SSSR count). The molecule has 0 aliphatic rings. The average Bonchev–Trinajstić information content (AvgIpc) is 2.41. The Morgan fingerprint density at radius 2 is 1.67 bits per heavy atom. The van der Waals surface area contributed by atoms with E-state index in [0.717, 1.165) is 18.6 Å². The van der Waals surface area contributed by atoms with E-state index in [1.807, 2.05) is 0 Å². The van der Waals surface area contributed by atoms with Gasteiger partial charge in [-0.15, -0.1) is 0 Å². The summed E-state index contributed by atoms with van der Waals surface area (Å²) in [5.74, 6) is 1.15. The lowest BCUT2D eigenvalue weighted by Crippen LogP contribution is -2.30. The van der Waals surface area contributed by atoms with Gasteiger partial charge < -0.3 is 10.1 Å². The molecule has 0 heterocycles. The molecule has 0 spiro atoms. The number of ether oxygens (including phenoxy) is 1. The zero-order valence-electron chi connectivity index (χ0n) is 12.8. The molecule has 5 heteroatoms. The first-order chi connectivity index (χ1) is 9.79. The second-order valence-electron chi connectivity index (χ2n) is 5.70. The molecule has 1 unspecified atom stereocenters. The van der Waals surface area contributed by atoms with Crippen molar-refractivity contribution in [2.45, 2.75) is 45.8 Å². The summed E-state index contributed by atoms with van der Waals surface area (Å²) < 4.78 is 42.6. The standard InChI is InChI=1S/C16H24F3NO/c1-12(2)4-5-13(3)20-10-11-21-15-8-6-14(7-9-15)16(17,18)19/h6-9,12-13,20H,4-5,10-11H2,1-3H3. The molecule has 1 atom stereocenters. The van der Waals surface area contributed by atoms with E-state index in [-0.39, 0.29) is 0 Å². The van der Waals surface area contributed by atoms with Gasteiger partial charge in [-0.1, -0.05) is 13.8 Å². The maximum Gasteiger partial charge on any atom is 0.416 e. The third-order valence-corrected chi connectivity index (χ3v) is 3.22. The summed E-state index contributed by atoms with van der Waals surface area (Å²) in [6.07, 6.45) is -2.02. The van der Waals surface area contributed by atoms with Crippen molar-refractivity contribution in [3.8, 4) is 5.75 Å². The maximum absolute atomic E-state index is 12.4. The first-order valence-corrected chi connectivity index (χ1v) is 7.32. The largest absolute Gasteiger partial charge is 0.492 e. The highest BCUT2D eigenvalue weighted by Crippen LogP contribution is 2.30. The molecule has 0 saturated heterocycles. The van der Waals surface area contributed by atoms with E-state index in [1.54, 1.807) is 0 Å². The van der Waals surface area contributed by atoms with Gasteiger partial charge in [0, 0.05) is 12.6 Å². The number of halogens is 3. The van der Waals surface area contributed by atoms with Crippen LogP contribution in [0.25, 0.3) is 0 Å². The third-order valence-electron chi connectivity index (χ3n) is 3.22. The third kappa shape index (κ3) is 7.37. The Hall–Kier alpha value is -1.23. The molecule has 0 aliphatic heterocycles. The van der Waals surface area contributed by atoms with Crippen LogP contribution in [0.2, 0.25) is 0 Å². The molecule has 1 N–H and O–H groups in total. The highest BCUT2D eigenvalue weighted by atomic mass is 19.4. The highest BCUT2D eigenvalue weighted by molar-refractivity contribution is 5.28. The van der Waals surface area contributed by atoms with Crippen molar-refractivity contribution in [2.75, 3.05) is 13.2 Å². The molecule has 1 aromatic carbocycles. The van der Waals surface area contributed by atoms with Gasteiger partial charge in [0.15, 0.2) is 0 Å². The summed E-state index contributed by atoms with van der Waals surface area (Å²) in [5.41, 5.74) is -0.657. The molecular formula is C16H24F3NO. The summed E-state index contributed by atoms with van der Waals surface area (Å²) in [7, 11) is 0.